The highest BCUT2D eigenvalue weighted by atomic mass is 35.5. The van der Waals surface area contributed by atoms with E-state index in [0.29, 0.717) is 23.8 Å². The van der Waals surface area contributed by atoms with Crippen molar-refractivity contribution in [2.75, 3.05) is 37.7 Å². The van der Waals surface area contributed by atoms with E-state index in [9.17, 15) is 10.2 Å². The minimum Gasteiger partial charge on any atom is -0.491 e. The topological polar surface area (TPSA) is 89.3 Å². The third kappa shape index (κ3) is 6.17. The van der Waals surface area contributed by atoms with E-state index < -0.39 is 5.60 Å². The van der Waals surface area contributed by atoms with E-state index in [2.05, 4.69) is 33.8 Å². The van der Waals surface area contributed by atoms with Gasteiger partial charge in [-0.15, -0.1) is 0 Å². The number of β-amino-alcohol motifs (C(OH)–C–C–N with tert-alkyl or cyclic N) is 1. The van der Waals surface area contributed by atoms with Gasteiger partial charge in [0, 0.05) is 48.1 Å². The van der Waals surface area contributed by atoms with Crippen molar-refractivity contribution in [1.82, 2.24) is 9.88 Å². The molecule has 0 radical (unpaired) electrons. The monoisotopic (exact) mass is 511 g/mol. The predicted molar refractivity (Wildman–Crippen MR) is 141 cm³/mol. The van der Waals surface area contributed by atoms with Crippen molar-refractivity contribution in [3.63, 3.8) is 0 Å². The summed E-state index contributed by atoms with van der Waals surface area (Å²) in [6.07, 6.45) is 1.64. The quantitative estimate of drug-likeness (QED) is 0.403. The summed E-state index contributed by atoms with van der Waals surface area (Å²) in [7, 11) is 0. The lowest BCUT2D eigenvalue weighted by Gasteiger charge is -2.48. The predicted octanol–water partition coefficient (Wildman–Crippen LogP) is 3.76. The van der Waals surface area contributed by atoms with Gasteiger partial charge >= 0.3 is 0 Å². The molecule has 1 aliphatic rings. The summed E-state index contributed by atoms with van der Waals surface area (Å²) < 4.78 is 5.54. The van der Waals surface area contributed by atoms with Gasteiger partial charge in [0.1, 0.15) is 18.0 Å². The summed E-state index contributed by atoms with van der Waals surface area (Å²) in [5.41, 5.74) is 2.42. The fourth-order valence-corrected chi connectivity index (χ4v) is 5.06. The molecule has 0 unspecified atom stereocenters. The molecular weight excluding hydrogens is 478 g/mol. The van der Waals surface area contributed by atoms with E-state index in [1.165, 1.54) is 0 Å². The van der Waals surface area contributed by atoms with Crippen LogP contribution in [0.1, 0.15) is 36.7 Å². The first kappa shape index (κ1) is 26.4. The lowest BCUT2D eigenvalue weighted by Crippen LogP contribution is -2.56. The Morgan fingerprint density at radius 2 is 1.75 bits per heavy atom. The zero-order chi connectivity index (χ0) is 25.7. The molecular formula is C28H34ClN3O4. The van der Waals surface area contributed by atoms with E-state index >= 15 is 0 Å². The maximum Gasteiger partial charge on any atom is 0.119 e. The number of aliphatic hydroxyl groups excluding tert-OH is 2. The molecule has 3 aromatic rings. The minimum atomic E-state index is -1.10. The molecule has 3 atom stereocenters. The van der Waals surface area contributed by atoms with E-state index in [0.717, 1.165) is 29.1 Å². The number of aromatic nitrogens is 1. The van der Waals surface area contributed by atoms with Crippen LogP contribution in [0.25, 0.3) is 0 Å². The van der Waals surface area contributed by atoms with Gasteiger partial charge in [-0.1, -0.05) is 29.8 Å². The second kappa shape index (κ2) is 11.6. The molecule has 2 aromatic carbocycles. The Morgan fingerprint density at radius 3 is 2.36 bits per heavy atom. The van der Waals surface area contributed by atoms with Gasteiger partial charge in [0.2, 0.25) is 0 Å². The largest absolute Gasteiger partial charge is 0.491 e. The Labute approximate surface area is 217 Å². The number of hydrogen-bond donors (Lipinski definition) is 3. The minimum absolute atomic E-state index is 0.0230. The van der Waals surface area contributed by atoms with Crippen molar-refractivity contribution in [2.45, 2.75) is 38.1 Å². The number of hydrogen-bond acceptors (Lipinski definition) is 7. The number of piperazine rings is 1. The summed E-state index contributed by atoms with van der Waals surface area (Å²) in [6, 6.07) is 19.7. The summed E-state index contributed by atoms with van der Waals surface area (Å²) in [5, 5.41) is 30.4. The van der Waals surface area contributed by atoms with Crippen LogP contribution in [-0.4, -0.2) is 64.1 Å². The number of aliphatic hydroxyl groups is 3. The van der Waals surface area contributed by atoms with E-state index in [4.69, 9.17) is 21.4 Å². The third-order valence-corrected chi connectivity index (χ3v) is 6.91. The van der Waals surface area contributed by atoms with Crippen LogP contribution in [0.2, 0.25) is 5.02 Å². The highest BCUT2D eigenvalue weighted by molar-refractivity contribution is 6.30. The molecule has 0 aliphatic carbocycles. The van der Waals surface area contributed by atoms with Crippen LogP contribution < -0.4 is 9.64 Å². The molecule has 0 spiro atoms. The maximum absolute atomic E-state index is 11.4. The lowest BCUT2D eigenvalue weighted by molar-refractivity contribution is 0.00606. The molecule has 192 valence electrons. The number of ether oxygens (including phenoxy) is 1. The van der Waals surface area contributed by atoms with Crippen LogP contribution in [0.3, 0.4) is 0 Å². The maximum atomic E-state index is 11.4. The normalized spacial score (nSPS) is 20.2. The highest BCUT2D eigenvalue weighted by Gasteiger charge is 2.36. The molecule has 1 fully saturated rings. The number of benzene rings is 2. The van der Waals surface area contributed by atoms with Crippen LogP contribution in [0, 0.1) is 0 Å². The van der Waals surface area contributed by atoms with Crippen LogP contribution in [0.15, 0.2) is 66.9 Å². The molecule has 1 aromatic heterocycles. The Bertz CT molecular complexity index is 1110. The van der Waals surface area contributed by atoms with E-state index in [1.807, 2.05) is 49.4 Å². The van der Waals surface area contributed by atoms with Crippen molar-refractivity contribution in [3.8, 4) is 5.75 Å². The van der Waals surface area contributed by atoms with E-state index in [1.54, 1.807) is 12.3 Å². The van der Waals surface area contributed by atoms with Crippen molar-refractivity contribution in [1.29, 1.82) is 0 Å². The molecule has 2 heterocycles. The zero-order valence-electron chi connectivity index (χ0n) is 20.7. The number of nitrogens with zero attached hydrogens (tertiary/aromatic N) is 3. The molecule has 3 N–H and O–H groups in total. The first-order valence-corrected chi connectivity index (χ1v) is 12.6. The zero-order valence-corrected chi connectivity index (χ0v) is 21.5. The number of halogens is 1. The fourth-order valence-electron chi connectivity index (χ4n) is 4.93. The van der Waals surface area contributed by atoms with Gasteiger partial charge in [0.25, 0.3) is 0 Å². The summed E-state index contributed by atoms with van der Waals surface area (Å²) in [5.74, 6) is 0.721. The second-order valence-corrected chi connectivity index (χ2v) is 9.99. The average molecular weight is 512 g/mol. The summed E-state index contributed by atoms with van der Waals surface area (Å²) in [4.78, 5) is 8.94. The lowest BCUT2D eigenvalue weighted by atomic mass is 9.93. The fraction of sp³-hybridized carbons (Fsp3) is 0.393. The Kier molecular flexibility index (Phi) is 8.49. The van der Waals surface area contributed by atoms with Crippen molar-refractivity contribution >= 4 is 17.3 Å². The third-order valence-electron chi connectivity index (χ3n) is 6.65. The Hall–Kier alpha value is -2.68. The smallest absolute Gasteiger partial charge is 0.119 e. The van der Waals surface area contributed by atoms with Crippen molar-refractivity contribution in [3.05, 3.63) is 88.7 Å². The van der Waals surface area contributed by atoms with Crippen LogP contribution >= 0.6 is 11.6 Å². The second-order valence-electron chi connectivity index (χ2n) is 9.55. The SMILES string of the molecule is C[C@@H]1CN(C[C@@](C)(O)c2ccc(CO)nc2)C[C@@H](c2ccc(Cl)cc2)N1c1ccc(OCCO)cc1. The summed E-state index contributed by atoms with van der Waals surface area (Å²) >= 11 is 6.19. The van der Waals surface area contributed by atoms with Crippen molar-refractivity contribution in [2.24, 2.45) is 0 Å². The molecule has 8 heteroatoms. The Balaban J connectivity index is 1.59. The van der Waals surface area contributed by atoms with Crippen LogP contribution in [0.4, 0.5) is 5.69 Å². The molecule has 36 heavy (non-hydrogen) atoms. The Morgan fingerprint density at radius 1 is 1.03 bits per heavy atom. The standard InChI is InChI=1S/C28H34ClN3O4/c1-20-16-31(19-28(2,35)22-5-8-24(18-34)30-15-22)17-27(21-3-6-23(29)7-4-21)32(20)25-9-11-26(12-10-25)36-14-13-33/h3-12,15,20,27,33-35H,13-14,16-19H2,1-2H3/t20-,27+,28-/m1/s1. The molecule has 0 amide bonds. The molecule has 1 saturated heterocycles. The van der Waals surface area contributed by atoms with Crippen molar-refractivity contribution < 1.29 is 20.1 Å². The van der Waals surface area contributed by atoms with Gasteiger partial charge in [0.05, 0.1) is 24.9 Å². The summed E-state index contributed by atoms with van der Waals surface area (Å²) in [6.45, 7) is 6.05. The van der Waals surface area contributed by atoms with Gasteiger partial charge < -0.3 is 25.0 Å². The van der Waals surface area contributed by atoms with Crippen LogP contribution in [-0.2, 0) is 12.2 Å². The number of pyridine rings is 1. The van der Waals surface area contributed by atoms with Gasteiger partial charge in [-0.25, -0.2) is 0 Å². The number of rotatable bonds is 9. The molecule has 1 aliphatic heterocycles. The average Bonchev–Trinajstić information content (AvgIpc) is 2.88. The van der Waals surface area contributed by atoms with E-state index in [-0.39, 0.29) is 31.9 Å². The highest BCUT2D eigenvalue weighted by Crippen LogP contribution is 2.36. The first-order valence-electron chi connectivity index (χ1n) is 12.2. The van der Waals surface area contributed by atoms with Gasteiger partial charge in [-0.3, -0.25) is 9.88 Å². The molecule has 0 bridgehead atoms. The number of anilines is 1. The molecule has 4 rings (SSSR count). The van der Waals surface area contributed by atoms with Gasteiger partial charge in [-0.2, -0.15) is 0 Å². The van der Waals surface area contributed by atoms with Gasteiger partial charge in [0.15, 0.2) is 0 Å². The van der Waals surface area contributed by atoms with Gasteiger partial charge in [-0.05, 0) is 61.9 Å². The van der Waals surface area contributed by atoms with Crippen LogP contribution in [0.5, 0.6) is 5.75 Å². The first-order chi connectivity index (χ1) is 17.3. The molecule has 0 saturated carbocycles. The molecule has 7 nitrogen and oxygen atoms in total.